The first-order valence-corrected chi connectivity index (χ1v) is 7.46. The van der Waals surface area contributed by atoms with Crippen LogP contribution in [0.5, 0.6) is 0 Å². The van der Waals surface area contributed by atoms with Gasteiger partial charge in [-0.2, -0.15) is 0 Å². The van der Waals surface area contributed by atoms with Crippen LogP contribution in [0, 0.1) is 5.92 Å². The highest BCUT2D eigenvalue weighted by Gasteiger charge is 2.29. The molecule has 7 nitrogen and oxygen atoms in total. The molecular weight excluding hydrogens is 284 g/mol. The maximum Gasteiger partial charge on any atom is 0.308 e. The number of carbonyl (C=O) groups is 2. The molecule has 0 aliphatic carbocycles. The van der Waals surface area contributed by atoms with Crippen molar-refractivity contribution in [3.63, 3.8) is 0 Å². The number of nitrogens with zero attached hydrogens (tertiary/aromatic N) is 4. The molecule has 0 aromatic carbocycles. The molecule has 7 heteroatoms. The summed E-state index contributed by atoms with van der Waals surface area (Å²) >= 11 is 0. The minimum absolute atomic E-state index is 0.174. The molecule has 1 N–H and O–H groups in total. The van der Waals surface area contributed by atoms with Gasteiger partial charge in [-0.05, 0) is 25.0 Å². The van der Waals surface area contributed by atoms with Crippen molar-refractivity contribution >= 4 is 17.5 Å². The van der Waals surface area contributed by atoms with E-state index in [-0.39, 0.29) is 12.5 Å². The summed E-state index contributed by atoms with van der Waals surface area (Å²) in [5.74, 6) is -0.703. The lowest BCUT2D eigenvalue weighted by atomic mass is 9.98. The Labute approximate surface area is 127 Å². The highest BCUT2D eigenvalue weighted by molar-refractivity contribution is 6.00. The van der Waals surface area contributed by atoms with Crippen molar-refractivity contribution in [1.82, 2.24) is 19.5 Å². The summed E-state index contributed by atoms with van der Waals surface area (Å²) < 4.78 is 1.81. The topological polar surface area (TPSA) is 87.8 Å². The monoisotopic (exact) mass is 302 g/mol. The van der Waals surface area contributed by atoms with E-state index >= 15 is 0 Å². The van der Waals surface area contributed by atoms with Crippen molar-refractivity contribution in [2.45, 2.75) is 26.2 Å². The molecule has 22 heavy (non-hydrogen) atoms. The van der Waals surface area contributed by atoms with E-state index in [9.17, 15) is 9.59 Å². The van der Waals surface area contributed by atoms with Crippen LogP contribution in [0.1, 0.15) is 35.9 Å². The normalized spacial score (nSPS) is 18.6. The van der Waals surface area contributed by atoms with Crippen molar-refractivity contribution in [1.29, 1.82) is 0 Å². The Morgan fingerprint density at radius 1 is 1.41 bits per heavy atom. The fraction of sp³-hybridized carbons (Fsp3) is 0.467. The number of aliphatic carboxylic acids is 1. The quantitative estimate of drug-likeness (QED) is 0.921. The van der Waals surface area contributed by atoms with E-state index in [1.165, 1.54) is 0 Å². The number of pyridine rings is 1. The minimum atomic E-state index is -0.841. The van der Waals surface area contributed by atoms with Gasteiger partial charge in [-0.15, -0.1) is 10.2 Å². The molecule has 3 rings (SSSR count). The Morgan fingerprint density at radius 2 is 2.23 bits per heavy atom. The number of aryl methyl sites for hydroxylation is 1. The number of carbonyl (C=O) groups excluding carboxylic acids is 1. The van der Waals surface area contributed by atoms with Crippen LogP contribution in [0.25, 0.3) is 5.65 Å². The zero-order valence-corrected chi connectivity index (χ0v) is 12.4. The van der Waals surface area contributed by atoms with E-state index in [0.29, 0.717) is 30.6 Å². The second-order valence-corrected chi connectivity index (χ2v) is 5.51. The third kappa shape index (κ3) is 2.43. The van der Waals surface area contributed by atoms with Crippen LogP contribution in [0.4, 0.5) is 0 Å². The van der Waals surface area contributed by atoms with Crippen LogP contribution in [-0.4, -0.2) is 49.6 Å². The van der Waals surface area contributed by atoms with Gasteiger partial charge in [0.05, 0.1) is 11.5 Å². The summed E-state index contributed by atoms with van der Waals surface area (Å²) in [7, 11) is 0. The van der Waals surface area contributed by atoms with E-state index in [0.717, 1.165) is 12.2 Å². The largest absolute Gasteiger partial charge is 0.481 e. The highest BCUT2D eigenvalue weighted by atomic mass is 16.4. The number of rotatable bonds is 3. The van der Waals surface area contributed by atoms with Gasteiger partial charge in [-0.1, -0.05) is 6.92 Å². The highest BCUT2D eigenvalue weighted by Crippen LogP contribution is 2.20. The second-order valence-electron chi connectivity index (χ2n) is 5.51. The van der Waals surface area contributed by atoms with Gasteiger partial charge in [-0.3, -0.25) is 14.0 Å². The lowest BCUT2D eigenvalue weighted by Crippen LogP contribution is -2.42. The number of carboxylic acids is 1. The van der Waals surface area contributed by atoms with Crippen LogP contribution >= 0.6 is 0 Å². The van der Waals surface area contributed by atoms with E-state index in [4.69, 9.17) is 5.11 Å². The van der Waals surface area contributed by atoms with Crippen LogP contribution in [-0.2, 0) is 11.2 Å². The zero-order chi connectivity index (χ0) is 15.7. The van der Waals surface area contributed by atoms with Gasteiger partial charge in [0.25, 0.3) is 5.91 Å². The fourth-order valence-corrected chi connectivity index (χ4v) is 2.91. The van der Waals surface area contributed by atoms with Gasteiger partial charge < -0.3 is 10.0 Å². The number of fused-ring (bicyclic) bond motifs is 1. The number of piperidine rings is 1. The number of aromatic nitrogens is 3. The Bertz CT molecular complexity index is 725. The molecule has 0 saturated carbocycles. The van der Waals surface area contributed by atoms with Gasteiger partial charge in [0.15, 0.2) is 5.65 Å². The summed E-state index contributed by atoms with van der Waals surface area (Å²) in [6.07, 6.45) is 3.89. The number of hydrogen-bond acceptors (Lipinski definition) is 4. The third-order valence-electron chi connectivity index (χ3n) is 4.11. The molecule has 2 aromatic rings. The lowest BCUT2D eigenvalue weighted by Gasteiger charge is -2.30. The van der Waals surface area contributed by atoms with E-state index in [2.05, 4.69) is 10.2 Å². The van der Waals surface area contributed by atoms with Crippen molar-refractivity contribution in [3.05, 3.63) is 29.7 Å². The second kappa shape index (κ2) is 5.75. The summed E-state index contributed by atoms with van der Waals surface area (Å²) in [6.45, 7) is 2.81. The van der Waals surface area contributed by atoms with Crippen LogP contribution in [0.15, 0.2) is 18.3 Å². The van der Waals surface area contributed by atoms with Crippen LogP contribution < -0.4 is 0 Å². The third-order valence-corrected chi connectivity index (χ3v) is 4.11. The molecule has 1 saturated heterocycles. The molecule has 2 aromatic heterocycles. The zero-order valence-electron chi connectivity index (χ0n) is 12.4. The van der Waals surface area contributed by atoms with E-state index < -0.39 is 11.9 Å². The SMILES string of the molecule is CCc1nnc2c(C(=O)N3CCCC(C(=O)O)C3)cccn12. The van der Waals surface area contributed by atoms with Gasteiger partial charge in [-0.25, -0.2) is 0 Å². The Balaban J connectivity index is 1.92. The molecule has 1 aliphatic heterocycles. The summed E-state index contributed by atoms with van der Waals surface area (Å²) in [4.78, 5) is 25.5. The molecule has 1 aliphatic rings. The molecule has 1 atom stereocenters. The first kappa shape index (κ1) is 14.5. The standard InChI is InChI=1S/C15H18N4O3/c1-2-12-16-17-13-11(6-4-8-19(12)13)14(20)18-7-3-5-10(9-18)15(21)22/h4,6,8,10H,2-3,5,7,9H2,1H3,(H,21,22). The van der Waals surface area contributed by atoms with Crippen molar-refractivity contribution in [2.24, 2.45) is 5.92 Å². The first-order valence-electron chi connectivity index (χ1n) is 7.46. The Morgan fingerprint density at radius 3 is 2.95 bits per heavy atom. The Kier molecular flexibility index (Phi) is 3.79. The molecule has 0 bridgehead atoms. The van der Waals surface area contributed by atoms with E-state index in [1.54, 1.807) is 17.0 Å². The number of hydrogen-bond donors (Lipinski definition) is 1. The Hall–Kier alpha value is -2.44. The molecular formula is C15H18N4O3. The lowest BCUT2D eigenvalue weighted by molar-refractivity contribution is -0.143. The maximum absolute atomic E-state index is 12.7. The minimum Gasteiger partial charge on any atom is -0.481 e. The fourth-order valence-electron chi connectivity index (χ4n) is 2.91. The molecule has 116 valence electrons. The van der Waals surface area contributed by atoms with Gasteiger partial charge >= 0.3 is 5.97 Å². The molecule has 0 radical (unpaired) electrons. The van der Waals surface area contributed by atoms with Crippen LogP contribution in [0.3, 0.4) is 0 Å². The van der Waals surface area contributed by atoms with Crippen molar-refractivity contribution in [3.8, 4) is 0 Å². The first-order chi connectivity index (χ1) is 10.6. The van der Waals surface area contributed by atoms with Gasteiger partial charge in [0.1, 0.15) is 5.82 Å². The smallest absolute Gasteiger partial charge is 0.308 e. The number of amides is 1. The average Bonchev–Trinajstić information content (AvgIpc) is 2.97. The van der Waals surface area contributed by atoms with Gasteiger partial charge in [0, 0.05) is 25.7 Å². The number of carboxylic acid groups (broad SMARTS) is 1. The van der Waals surface area contributed by atoms with E-state index in [1.807, 2.05) is 17.5 Å². The van der Waals surface area contributed by atoms with Gasteiger partial charge in [0.2, 0.25) is 0 Å². The van der Waals surface area contributed by atoms with Crippen molar-refractivity contribution < 1.29 is 14.7 Å². The molecule has 0 spiro atoms. The summed E-state index contributed by atoms with van der Waals surface area (Å²) in [5.41, 5.74) is 1.00. The maximum atomic E-state index is 12.7. The molecule has 1 unspecified atom stereocenters. The summed E-state index contributed by atoms with van der Waals surface area (Å²) in [6, 6.07) is 3.51. The number of likely N-dealkylation sites (tertiary alicyclic amines) is 1. The molecule has 1 fully saturated rings. The predicted octanol–water partition coefficient (Wildman–Crippen LogP) is 1.23. The average molecular weight is 302 g/mol. The molecule has 1 amide bonds. The van der Waals surface area contributed by atoms with Crippen LogP contribution in [0.2, 0.25) is 0 Å². The predicted molar refractivity (Wildman–Crippen MR) is 78.6 cm³/mol. The van der Waals surface area contributed by atoms with Crippen molar-refractivity contribution in [2.75, 3.05) is 13.1 Å². The molecule has 3 heterocycles. The summed E-state index contributed by atoms with van der Waals surface area (Å²) in [5, 5.41) is 17.4.